The first kappa shape index (κ1) is 12.1. The van der Waals surface area contributed by atoms with Gasteiger partial charge in [0.15, 0.2) is 0 Å². The first-order chi connectivity index (χ1) is 7.71. The van der Waals surface area contributed by atoms with Crippen molar-refractivity contribution in [2.24, 2.45) is 0 Å². The summed E-state index contributed by atoms with van der Waals surface area (Å²) in [7, 11) is 4.47. The van der Waals surface area contributed by atoms with Crippen molar-refractivity contribution in [3.63, 3.8) is 0 Å². The van der Waals surface area contributed by atoms with Crippen LogP contribution in [0.3, 0.4) is 0 Å². The van der Waals surface area contributed by atoms with Gasteiger partial charge in [-0.05, 0) is 18.2 Å². The maximum Gasteiger partial charge on any atom is 0.330 e. The van der Waals surface area contributed by atoms with Crippen molar-refractivity contribution in [3.8, 4) is 11.5 Å². The van der Waals surface area contributed by atoms with Gasteiger partial charge in [0.25, 0.3) is 0 Å². The van der Waals surface area contributed by atoms with E-state index in [1.54, 1.807) is 38.5 Å². The van der Waals surface area contributed by atoms with Crippen molar-refractivity contribution >= 4 is 12.0 Å². The van der Waals surface area contributed by atoms with E-state index in [-0.39, 0.29) is 0 Å². The van der Waals surface area contributed by atoms with Crippen molar-refractivity contribution in [2.45, 2.75) is 0 Å². The molecule has 4 nitrogen and oxygen atoms in total. The zero-order chi connectivity index (χ0) is 12.0. The SMILES string of the molecule is COC(=O)/C=C/c1ccc(OC)cc1OC. The van der Waals surface area contributed by atoms with E-state index in [9.17, 15) is 4.79 Å². The summed E-state index contributed by atoms with van der Waals surface area (Å²) in [6.45, 7) is 0. The van der Waals surface area contributed by atoms with E-state index in [4.69, 9.17) is 9.47 Å². The van der Waals surface area contributed by atoms with E-state index in [1.165, 1.54) is 13.2 Å². The molecule has 0 unspecified atom stereocenters. The van der Waals surface area contributed by atoms with Crippen molar-refractivity contribution in [2.75, 3.05) is 21.3 Å². The third-order valence-electron chi connectivity index (χ3n) is 2.04. The van der Waals surface area contributed by atoms with Crippen LogP contribution < -0.4 is 9.47 Å². The molecule has 1 aromatic carbocycles. The van der Waals surface area contributed by atoms with Gasteiger partial charge < -0.3 is 14.2 Å². The molecule has 4 heteroatoms. The Hall–Kier alpha value is -1.97. The Bertz CT molecular complexity index is 396. The molecule has 86 valence electrons. The van der Waals surface area contributed by atoms with Gasteiger partial charge in [0.1, 0.15) is 11.5 Å². The van der Waals surface area contributed by atoms with Gasteiger partial charge in [-0.1, -0.05) is 0 Å². The number of hydrogen-bond donors (Lipinski definition) is 0. The minimum Gasteiger partial charge on any atom is -0.497 e. The first-order valence-corrected chi connectivity index (χ1v) is 4.69. The number of hydrogen-bond acceptors (Lipinski definition) is 4. The molecule has 0 atom stereocenters. The Morgan fingerprint density at radius 2 is 1.94 bits per heavy atom. The summed E-state index contributed by atoms with van der Waals surface area (Å²) in [6, 6.07) is 5.34. The van der Waals surface area contributed by atoms with Crippen molar-refractivity contribution < 1.29 is 19.0 Å². The molecule has 0 aliphatic carbocycles. The summed E-state index contributed by atoms with van der Waals surface area (Å²) in [5.41, 5.74) is 0.786. The molecule has 0 saturated heterocycles. The van der Waals surface area contributed by atoms with Crippen LogP contribution in [0.5, 0.6) is 11.5 Å². The van der Waals surface area contributed by atoms with Gasteiger partial charge in [-0.3, -0.25) is 0 Å². The number of ether oxygens (including phenoxy) is 3. The van der Waals surface area contributed by atoms with Gasteiger partial charge in [-0.25, -0.2) is 4.79 Å². The lowest BCUT2D eigenvalue weighted by molar-refractivity contribution is -0.134. The highest BCUT2D eigenvalue weighted by Gasteiger charge is 2.02. The second-order valence-electron chi connectivity index (χ2n) is 2.96. The van der Waals surface area contributed by atoms with Crippen LogP contribution in [0.1, 0.15) is 5.56 Å². The maximum atomic E-state index is 10.9. The Morgan fingerprint density at radius 3 is 2.50 bits per heavy atom. The second-order valence-corrected chi connectivity index (χ2v) is 2.96. The average molecular weight is 222 g/mol. The molecule has 16 heavy (non-hydrogen) atoms. The summed E-state index contributed by atoms with van der Waals surface area (Å²) >= 11 is 0. The van der Waals surface area contributed by atoms with Crippen LogP contribution in [0.4, 0.5) is 0 Å². The van der Waals surface area contributed by atoms with E-state index in [0.717, 1.165) is 5.56 Å². The van der Waals surface area contributed by atoms with Crippen LogP contribution in [-0.4, -0.2) is 27.3 Å². The number of carbonyl (C=O) groups is 1. The van der Waals surface area contributed by atoms with Gasteiger partial charge in [0.05, 0.1) is 21.3 Å². The zero-order valence-corrected chi connectivity index (χ0v) is 9.52. The van der Waals surface area contributed by atoms with Crippen LogP contribution >= 0.6 is 0 Å². The van der Waals surface area contributed by atoms with Crippen molar-refractivity contribution in [1.82, 2.24) is 0 Å². The minimum atomic E-state index is -0.405. The monoisotopic (exact) mass is 222 g/mol. The third-order valence-corrected chi connectivity index (χ3v) is 2.04. The van der Waals surface area contributed by atoms with E-state index < -0.39 is 5.97 Å². The average Bonchev–Trinajstić information content (AvgIpc) is 2.35. The maximum absolute atomic E-state index is 10.9. The van der Waals surface area contributed by atoms with Crippen LogP contribution in [0, 0.1) is 0 Å². The van der Waals surface area contributed by atoms with Gasteiger partial charge >= 0.3 is 5.97 Å². The zero-order valence-electron chi connectivity index (χ0n) is 9.52. The molecule has 1 rings (SSSR count). The molecule has 0 N–H and O–H groups in total. The predicted molar refractivity (Wildman–Crippen MR) is 60.6 cm³/mol. The standard InChI is InChI=1S/C12H14O4/c1-14-10-6-4-9(11(8-10)15-2)5-7-12(13)16-3/h4-8H,1-3H3/b7-5+. The lowest BCUT2D eigenvalue weighted by Crippen LogP contribution is -1.94. The highest BCUT2D eigenvalue weighted by atomic mass is 16.5. The van der Waals surface area contributed by atoms with E-state index >= 15 is 0 Å². The number of carbonyl (C=O) groups excluding carboxylic acids is 1. The van der Waals surface area contributed by atoms with Gasteiger partial charge in [0.2, 0.25) is 0 Å². The van der Waals surface area contributed by atoms with Crippen LogP contribution in [0.15, 0.2) is 24.3 Å². The second kappa shape index (κ2) is 5.80. The topological polar surface area (TPSA) is 44.8 Å². The van der Waals surface area contributed by atoms with Crippen molar-refractivity contribution in [1.29, 1.82) is 0 Å². The number of benzene rings is 1. The summed E-state index contributed by atoms with van der Waals surface area (Å²) in [5, 5.41) is 0. The van der Waals surface area contributed by atoms with E-state index in [2.05, 4.69) is 4.74 Å². The smallest absolute Gasteiger partial charge is 0.330 e. The molecule has 0 aromatic heterocycles. The molecular weight excluding hydrogens is 208 g/mol. The lowest BCUT2D eigenvalue weighted by atomic mass is 10.2. The molecule has 0 heterocycles. The molecule has 0 aliphatic heterocycles. The van der Waals surface area contributed by atoms with Crippen LogP contribution in [0.2, 0.25) is 0 Å². The Balaban J connectivity index is 2.95. The Labute approximate surface area is 94.4 Å². The quantitative estimate of drug-likeness (QED) is 0.576. The van der Waals surface area contributed by atoms with Gasteiger partial charge in [0, 0.05) is 17.7 Å². The molecule has 0 bridgehead atoms. The molecule has 0 fully saturated rings. The summed E-state index contributed by atoms with van der Waals surface area (Å²) in [4.78, 5) is 10.9. The molecule has 0 radical (unpaired) electrons. The Morgan fingerprint density at radius 1 is 1.19 bits per heavy atom. The number of methoxy groups -OCH3 is 3. The van der Waals surface area contributed by atoms with Crippen molar-refractivity contribution in [3.05, 3.63) is 29.8 Å². The van der Waals surface area contributed by atoms with Gasteiger partial charge in [-0.2, -0.15) is 0 Å². The molecular formula is C12H14O4. The highest BCUT2D eigenvalue weighted by Crippen LogP contribution is 2.25. The fourth-order valence-corrected chi connectivity index (χ4v) is 1.18. The van der Waals surface area contributed by atoms with Gasteiger partial charge in [-0.15, -0.1) is 0 Å². The lowest BCUT2D eigenvalue weighted by Gasteiger charge is -2.06. The molecule has 0 amide bonds. The van der Waals surface area contributed by atoms with E-state index in [1.807, 2.05) is 0 Å². The normalized spacial score (nSPS) is 10.2. The largest absolute Gasteiger partial charge is 0.497 e. The molecule has 0 aliphatic rings. The van der Waals surface area contributed by atoms with Crippen LogP contribution in [0.25, 0.3) is 6.08 Å². The summed E-state index contributed by atoms with van der Waals surface area (Å²) in [5.74, 6) is 0.935. The third kappa shape index (κ3) is 3.02. The molecule has 1 aromatic rings. The molecule has 0 saturated carbocycles. The Kier molecular flexibility index (Phi) is 4.39. The first-order valence-electron chi connectivity index (χ1n) is 4.69. The minimum absolute atomic E-state index is 0.405. The van der Waals surface area contributed by atoms with Crippen LogP contribution in [-0.2, 0) is 9.53 Å². The summed E-state index contributed by atoms with van der Waals surface area (Å²) < 4.78 is 14.7. The van der Waals surface area contributed by atoms with E-state index in [0.29, 0.717) is 11.5 Å². The highest BCUT2D eigenvalue weighted by molar-refractivity contribution is 5.87. The number of esters is 1. The number of rotatable bonds is 4. The molecule has 0 spiro atoms. The predicted octanol–water partition coefficient (Wildman–Crippen LogP) is 1.89. The summed E-state index contributed by atoms with van der Waals surface area (Å²) in [6.07, 6.45) is 2.97. The fourth-order valence-electron chi connectivity index (χ4n) is 1.18. The fraction of sp³-hybridized carbons (Fsp3) is 0.250.